The predicted molar refractivity (Wildman–Crippen MR) is 46.5 cm³/mol. The molecule has 0 saturated carbocycles. The van der Waals surface area contributed by atoms with Crippen molar-refractivity contribution < 1.29 is 0 Å². The van der Waals surface area contributed by atoms with E-state index in [1.165, 1.54) is 5.56 Å². The Morgan fingerprint density at radius 3 is 2.18 bits per heavy atom. The van der Waals surface area contributed by atoms with Gasteiger partial charge >= 0.3 is 0 Å². The zero-order chi connectivity index (χ0) is 8.85. The van der Waals surface area contributed by atoms with E-state index >= 15 is 0 Å². The van der Waals surface area contributed by atoms with Crippen molar-refractivity contribution in [3.05, 3.63) is 23.4 Å². The van der Waals surface area contributed by atoms with Crippen LogP contribution in [0.2, 0.25) is 0 Å². The normalized spacial score (nSPS) is 8.36. The van der Waals surface area contributed by atoms with E-state index in [1.807, 2.05) is 19.9 Å². The van der Waals surface area contributed by atoms with Gasteiger partial charge in [0.1, 0.15) is 5.82 Å². The number of aromatic nitrogens is 1. The summed E-state index contributed by atoms with van der Waals surface area (Å²) in [6.07, 6.45) is 1.72. The highest BCUT2D eigenvalue weighted by molar-refractivity contribution is 5.42. The highest BCUT2D eigenvalue weighted by Gasteiger charge is 1.94. The molecule has 0 bridgehead atoms. The van der Waals surface area contributed by atoms with E-state index in [0.29, 0.717) is 5.82 Å². The Labute approximate surface area is 66.4 Å². The van der Waals surface area contributed by atoms with Gasteiger partial charge in [-0.05, 0) is 31.0 Å². The number of nitrogens with zero attached hydrogens (tertiary/aromatic N) is 1. The number of aryl methyl sites for hydroxylation is 1. The molecule has 0 amide bonds. The standard InChI is InChI=1S/C7H10N2.H4N2/c1-5-3-4-9-7(8)6(5)2;1-2/h3-4H,1-2H3,(H2,8,9);1-2H2. The number of rotatable bonds is 0. The smallest absolute Gasteiger partial charge is 0.126 e. The molecule has 0 aliphatic heterocycles. The van der Waals surface area contributed by atoms with E-state index in [2.05, 4.69) is 16.7 Å². The van der Waals surface area contributed by atoms with Gasteiger partial charge in [-0.25, -0.2) is 4.98 Å². The summed E-state index contributed by atoms with van der Waals surface area (Å²) in [5.41, 5.74) is 7.79. The molecule has 0 fully saturated rings. The molecule has 0 radical (unpaired) electrons. The maximum atomic E-state index is 5.51. The number of pyridine rings is 1. The maximum absolute atomic E-state index is 5.51. The van der Waals surface area contributed by atoms with Gasteiger partial charge in [-0.15, -0.1) is 0 Å². The Morgan fingerprint density at radius 2 is 1.82 bits per heavy atom. The lowest BCUT2D eigenvalue weighted by molar-refractivity contribution is 1.23. The summed E-state index contributed by atoms with van der Waals surface area (Å²) in [4.78, 5) is 3.92. The summed E-state index contributed by atoms with van der Waals surface area (Å²) in [6.45, 7) is 3.99. The molecule has 0 aliphatic carbocycles. The molecule has 62 valence electrons. The second kappa shape index (κ2) is 4.65. The summed E-state index contributed by atoms with van der Waals surface area (Å²) in [5, 5.41) is 0. The van der Waals surface area contributed by atoms with Crippen molar-refractivity contribution in [1.29, 1.82) is 0 Å². The number of hydrogen-bond donors (Lipinski definition) is 3. The number of hydrogen-bond acceptors (Lipinski definition) is 4. The average molecular weight is 154 g/mol. The second-order valence-electron chi connectivity index (χ2n) is 2.14. The highest BCUT2D eigenvalue weighted by Crippen LogP contribution is 2.09. The molecule has 0 aromatic carbocycles. The summed E-state index contributed by atoms with van der Waals surface area (Å²) >= 11 is 0. The van der Waals surface area contributed by atoms with Crippen LogP contribution in [0.1, 0.15) is 11.1 Å². The van der Waals surface area contributed by atoms with Gasteiger partial charge in [0.05, 0.1) is 0 Å². The topological polar surface area (TPSA) is 90.9 Å². The van der Waals surface area contributed by atoms with Crippen LogP contribution in [0.5, 0.6) is 0 Å². The van der Waals surface area contributed by atoms with E-state index in [9.17, 15) is 0 Å². The molecule has 6 N–H and O–H groups in total. The van der Waals surface area contributed by atoms with Crippen molar-refractivity contribution in [2.45, 2.75) is 13.8 Å². The van der Waals surface area contributed by atoms with Crippen molar-refractivity contribution in [2.75, 3.05) is 5.73 Å². The molecule has 1 aromatic rings. The summed E-state index contributed by atoms with van der Waals surface area (Å²) in [6, 6.07) is 1.95. The van der Waals surface area contributed by atoms with Crippen LogP contribution < -0.4 is 17.4 Å². The lowest BCUT2D eigenvalue weighted by Crippen LogP contribution is -2.02. The highest BCUT2D eigenvalue weighted by atomic mass is 15.0. The first-order valence-corrected chi connectivity index (χ1v) is 3.23. The first-order valence-electron chi connectivity index (χ1n) is 3.23. The van der Waals surface area contributed by atoms with Crippen LogP contribution in [0, 0.1) is 13.8 Å². The van der Waals surface area contributed by atoms with Crippen molar-refractivity contribution >= 4 is 5.82 Å². The van der Waals surface area contributed by atoms with E-state index in [0.717, 1.165) is 5.56 Å². The van der Waals surface area contributed by atoms with Crippen molar-refractivity contribution in [1.82, 2.24) is 4.98 Å². The predicted octanol–water partition coefficient (Wildman–Crippen LogP) is 0.0994. The monoisotopic (exact) mass is 154 g/mol. The Bertz CT molecular complexity index is 201. The minimum absolute atomic E-state index is 0.634. The molecule has 11 heavy (non-hydrogen) atoms. The first kappa shape index (κ1) is 9.87. The van der Waals surface area contributed by atoms with E-state index in [4.69, 9.17) is 5.73 Å². The Kier molecular flexibility index (Phi) is 4.17. The van der Waals surface area contributed by atoms with Gasteiger partial charge in [-0.2, -0.15) is 0 Å². The molecular weight excluding hydrogens is 140 g/mol. The van der Waals surface area contributed by atoms with Crippen LogP contribution in [-0.4, -0.2) is 4.98 Å². The second-order valence-corrected chi connectivity index (χ2v) is 2.14. The Morgan fingerprint density at radius 1 is 1.27 bits per heavy atom. The molecule has 1 rings (SSSR count). The van der Waals surface area contributed by atoms with Gasteiger partial charge in [-0.3, -0.25) is 11.7 Å². The quantitative estimate of drug-likeness (QED) is 0.365. The van der Waals surface area contributed by atoms with Crippen LogP contribution in [0.4, 0.5) is 5.82 Å². The SMILES string of the molecule is Cc1ccnc(N)c1C.NN. The summed E-state index contributed by atoms with van der Waals surface area (Å²) in [7, 11) is 0. The lowest BCUT2D eigenvalue weighted by Gasteiger charge is -1.99. The fraction of sp³-hybridized carbons (Fsp3) is 0.286. The lowest BCUT2D eigenvalue weighted by atomic mass is 10.2. The third-order valence-corrected chi connectivity index (χ3v) is 1.51. The number of nitrogens with two attached hydrogens (primary N) is 3. The fourth-order valence-corrected chi connectivity index (χ4v) is 0.653. The number of hydrazine groups is 1. The number of nitrogen functional groups attached to an aromatic ring is 1. The number of anilines is 1. The fourth-order valence-electron chi connectivity index (χ4n) is 0.653. The largest absolute Gasteiger partial charge is 0.383 e. The zero-order valence-corrected chi connectivity index (χ0v) is 6.83. The molecule has 0 unspecified atom stereocenters. The third kappa shape index (κ3) is 2.53. The van der Waals surface area contributed by atoms with Gasteiger partial charge in [-0.1, -0.05) is 0 Å². The maximum Gasteiger partial charge on any atom is 0.126 e. The molecule has 4 nitrogen and oxygen atoms in total. The van der Waals surface area contributed by atoms with Crippen LogP contribution in [0.25, 0.3) is 0 Å². The summed E-state index contributed by atoms with van der Waals surface area (Å²) < 4.78 is 0. The molecule has 0 saturated heterocycles. The molecule has 0 spiro atoms. The molecule has 4 heteroatoms. The molecule has 0 aliphatic rings. The van der Waals surface area contributed by atoms with Crippen LogP contribution in [-0.2, 0) is 0 Å². The van der Waals surface area contributed by atoms with Crippen molar-refractivity contribution in [3.63, 3.8) is 0 Å². The molecule has 0 atom stereocenters. The Balaban J connectivity index is 0.000000461. The van der Waals surface area contributed by atoms with E-state index in [1.54, 1.807) is 6.20 Å². The zero-order valence-electron chi connectivity index (χ0n) is 6.83. The van der Waals surface area contributed by atoms with Crippen molar-refractivity contribution in [3.8, 4) is 0 Å². The average Bonchev–Trinajstić information content (AvgIpc) is 2.04. The molecular formula is C7H14N4. The van der Waals surface area contributed by atoms with Gasteiger partial charge in [0.2, 0.25) is 0 Å². The van der Waals surface area contributed by atoms with Gasteiger partial charge in [0.15, 0.2) is 0 Å². The van der Waals surface area contributed by atoms with E-state index in [-0.39, 0.29) is 0 Å². The Hall–Kier alpha value is -1.13. The minimum atomic E-state index is 0.634. The minimum Gasteiger partial charge on any atom is -0.383 e. The van der Waals surface area contributed by atoms with Gasteiger partial charge in [0, 0.05) is 6.20 Å². The third-order valence-electron chi connectivity index (χ3n) is 1.51. The van der Waals surface area contributed by atoms with Gasteiger partial charge < -0.3 is 5.73 Å². The van der Waals surface area contributed by atoms with Gasteiger partial charge in [0.25, 0.3) is 0 Å². The summed E-state index contributed by atoms with van der Waals surface area (Å²) in [5.74, 6) is 8.63. The molecule has 1 heterocycles. The first-order chi connectivity index (χ1) is 5.22. The van der Waals surface area contributed by atoms with Crippen LogP contribution in [0.3, 0.4) is 0 Å². The molecule has 1 aromatic heterocycles. The van der Waals surface area contributed by atoms with Crippen molar-refractivity contribution in [2.24, 2.45) is 11.7 Å². The van der Waals surface area contributed by atoms with E-state index < -0.39 is 0 Å². The van der Waals surface area contributed by atoms with Crippen LogP contribution in [0.15, 0.2) is 12.3 Å². The van der Waals surface area contributed by atoms with Crippen LogP contribution >= 0.6 is 0 Å².